The van der Waals surface area contributed by atoms with Gasteiger partial charge in [-0.1, -0.05) is 74.2 Å². The van der Waals surface area contributed by atoms with Crippen LogP contribution in [0.25, 0.3) is 0 Å². The van der Waals surface area contributed by atoms with E-state index in [1.54, 1.807) is 6.92 Å². The Morgan fingerprint density at radius 3 is 2.29 bits per heavy atom. The van der Waals surface area contributed by atoms with E-state index in [0.29, 0.717) is 19.4 Å². The van der Waals surface area contributed by atoms with Gasteiger partial charge < -0.3 is 9.84 Å². The van der Waals surface area contributed by atoms with Crippen LogP contribution >= 0.6 is 0 Å². The van der Waals surface area contributed by atoms with Crippen molar-refractivity contribution < 1.29 is 14.6 Å². The first kappa shape index (κ1) is 20.7. The summed E-state index contributed by atoms with van der Waals surface area (Å²) in [6.07, 6.45) is 3.52. The SMILES string of the molecule is CCOC(=O)CC(/C=C/[Si](C)(C)c1ccccc1)C(O)(CC)CC. The predicted molar refractivity (Wildman–Crippen MR) is 103 cm³/mol. The zero-order valence-corrected chi connectivity index (χ0v) is 16.7. The summed E-state index contributed by atoms with van der Waals surface area (Å²) in [6, 6.07) is 10.4. The summed E-state index contributed by atoms with van der Waals surface area (Å²) in [5.74, 6) is -0.464. The van der Waals surface area contributed by atoms with Gasteiger partial charge in [0.2, 0.25) is 0 Å². The molecule has 1 atom stereocenters. The highest BCUT2D eigenvalue weighted by molar-refractivity contribution is 6.93. The van der Waals surface area contributed by atoms with E-state index in [1.807, 2.05) is 19.9 Å². The third-order valence-corrected chi connectivity index (χ3v) is 7.72. The second-order valence-corrected chi connectivity index (χ2v) is 11.2. The highest BCUT2D eigenvalue weighted by Gasteiger charge is 2.34. The quantitative estimate of drug-likeness (QED) is 0.545. The minimum absolute atomic E-state index is 0.220. The Morgan fingerprint density at radius 1 is 1.21 bits per heavy atom. The number of carbonyl (C=O) groups excluding carboxylic acids is 1. The molecule has 0 saturated heterocycles. The molecule has 3 nitrogen and oxygen atoms in total. The summed E-state index contributed by atoms with van der Waals surface area (Å²) in [4.78, 5) is 12.0. The maximum absolute atomic E-state index is 12.0. The molecule has 1 N–H and O–H groups in total. The highest BCUT2D eigenvalue weighted by atomic mass is 28.3. The minimum Gasteiger partial charge on any atom is -0.466 e. The molecule has 1 rings (SSSR count). The molecule has 1 unspecified atom stereocenters. The number of aliphatic hydroxyl groups is 1. The Bertz CT molecular complexity index is 533. The summed E-state index contributed by atoms with van der Waals surface area (Å²) < 4.78 is 5.10. The number of ether oxygens (including phenoxy) is 1. The van der Waals surface area contributed by atoms with Crippen LogP contribution in [0.1, 0.15) is 40.0 Å². The first-order valence-corrected chi connectivity index (χ1v) is 12.0. The highest BCUT2D eigenvalue weighted by Crippen LogP contribution is 2.30. The second-order valence-electron chi connectivity index (χ2n) is 6.87. The Labute approximate surface area is 147 Å². The van der Waals surface area contributed by atoms with E-state index in [9.17, 15) is 9.90 Å². The molecule has 134 valence electrons. The fraction of sp³-hybridized carbons (Fsp3) is 0.550. The Hall–Kier alpha value is -1.39. The number of hydrogen-bond acceptors (Lipinski definition) is 3. The van der Waals surface area contributed by atoms with E-state index in [0.717, 1.165) is 0 Å². The zero-order valence-electron chi connectivity index (χ0n) is 15.7. The number of carbonyl (C=O) groups is 1. The van der Waals surface area contributed by atoms with Gasteiger partial charge in [0.05, 0.1) is 18.6 Å². The van der Waals surface area contributed by atoms with Crippen molar-refractivity contribution in [2.45, 2.75) is 58.7 Å². The molecular weight excluding hydrogens is 316 g/mol. The Kier molecular flexibility index (Phi) is 7.90. The Morgan fingerprint density at radius 2 is 1.79 bits per heavy atom. The molecule has 0 aliphatic heterocycles. The summed E-state index contributed by atoms with van der Waals surface area (Å²) in [5, 5.41) is 12.3. The lowest BCUT2D eigenvalue weighted by atomic mass is 9.81. The molecule has 0 aromatic heterocycles. The smallest absolute Gasteiger partial charge is 0.306 e. The van der Waals surface area contributed by atoms with Crippen LogP contribution in [0.5, 0.6) is 0 Å². The summed E-state index contributed by atoms with van der Waals surface area (Å²) in [5.41, 5.74) is 1.37. The maximum Gasteiger partial charge on any atom is 0.306 e. The van der Waals surface area contributed by atoms with Crippen LogP contribution in [0.2, 0.25) is 13.1 Å². The molecular formula is C20H32O3Si. The fourth-order valence-electron chi connectivity index (χ4n) is 2.93. The van der Waals surface area contributed by atoms with Crippen LogP contribution in [0, 0.1) is 5.92 Å². The molecule has 0 radical (unpaired) electrons. The summed E-state index contributed by atoms with van der Waals surface area (Å²) in [7, 11) is -1.76. The van der Waals surface area contributed by atoms with Crippen molar-refractivity contribution in [3.8, 4) is 0 Å². The first-order valence-electron chi connectivity index (χ1n) is 8.92. The molecule has 4 heteroatoms. The molecule has 1 aromatic rings. The topological polar surface area (TPSA) is 46.5 Å². The van der Waals surface area contributed by atoms with Crippen LogP contribution < -0.4 is 5.19 Å². The normalized spacial score (nSPS) is 13.9. The van der Waals surface area contributed by atoms with Crippen molar-refractivity contribution in [2.24, 2.45) is 5.92 Å². The lowest BCUT2D eigenvalue weighted by Gasteiger charge is -2.33. The molecule has 0 aliphatic carbocycles. The summed E-state index contributed by atoms with van der Waals surface area (Å²) in [6.45, 7) is 10.7. The van der Waals surface area contributed by atoms with E-state index in [4.69, 9.17) is 4.74 Å². The monoisotopic (exact) mass is 348 g/mol. The van der Waals surface area contributed by atoms with E-state index < -0.39 is 13.7 Å². The van der Waals surface area contributed by atoms with Crippen molar-refractivity contribution >= 4 is 19.2 Å². The van der Waals surface area contributed by atoms with Gasteiger partial charge in [-0.3, -0.25) is 4.79 Å². The van der Waals surface area contributed by atoms with Gasteiger partial charge in [0.1, 0.15) is 8.07 Å². The molecule has 0 heterocycles. The van der Waals surface area contributed by atoms with Crippen molar-refractivity contribution in [3.05, 3.63) is 42.1 Å². The Balaban J connectivity index is 3.04. The third kappa shape index (κ3) is 5.60. The molecule has 24 heavy (non-hydrogen) atoms. The van der Waals surface area contributed by atoms with E-state index in [2.05, 4.69) is 49.1 Å². The molecule has 1 aromatic carbocycles. The van der Waals surface area contributed by atoms with Gasteiger partial charge in [0.25, 0.3) is 0 Å². The molecule has 0 bridgehead atoms. The van der Waals surface area contributed by atoms with Crippen LogP contribution in [0.4, 0.5) is 0 Å². The van der Waals surface area contributed by atoms with Crippen LogP contribution in [0.15, 0.2) is 42.1 Å². The van der Waals surface area contributed by atoms with Gasteiger partial charge in [-0.15, -0.1) is 0 Å². The number of rotatable bonds is 9. The molecule has 0 aliphatic rings. The number of hydrogen-bond donors (Lipinski definition) is 1. The van der Waals surface area contributed by atoms with Crippen LogP contribution in [0.3, 0.4) is 0 Å². The summed E-state index contributed by atoms with van der Waals surface area (Å²) >= 11 is 0. The average molecular weight is 349 g/mol. The van der Waals surface area contributed by atoms with E-state index in [-0.39, 0.29) is 18.3 Å². The number of esters is 1. The van der Waals surface area contributed by atoms with Crippen molar-refractivity contribution in [3.63, 3.8) is 0 Å². The molecule has 0 amide bonds. The van der Waals surface area contributed by atoms with Gasteiger partial charge in [-0.25, -0.2) is 0 Å². The van der Waals surface area contributed by atoms with Gasteiger partial charge >= 0.3 is 5.97 Å². The molecule has 0 saturated carbocycles. The first-order chi connectivity index (χ1) is 11.3. The predicted octanol–water partition coefficient (Wildman–Crippen LogP) is 3.82. The van der Waals surface area contributed by atoms with Gasteiger partial charge in [-0.05, 0) is 19.8 Å². The lowest BCUT2D eigenvalue weighted by molar-refractivity contribution is -0.146. The van der Waals surface area contributed by atoms with Gasteiger partial charge in [0, 0.05) is 5.92 Å². The molecule has 0 fully saturated rings. The largest absolute Gasteiger partial charge is 0.466 e. The minimum atomic E-state index is -1.76. The molecule has 0 spiro atoms. The second kappa shape index (κ2) is 9.18. The van der Waals surface area contributed by atoms with Crippen molar-refractivity contribution in [1.29, 1.82) is 0 Å². The lowest BCUT2D eigenvalue weighted by Crippen LogP contribution is -2.41. The maximum atomic E-state index is 12.0. The van der Waals surface area contributed by atoms with Crippen molar-refractivity contribution in [2.75, 3.05) is 6.61 Å². The zero-order chi connectivity index (χ0) is 18.2. The van der Waals surface area contributed by atoms with E-state index in [1.165, 1.54) is 5.19 Å². The van der Waals surface area contributed by atoms with E-state index >= 15 is 0 Å². The van der Waals surface area contributed by atoms with Crippen LogP contribution in [-0.4, -0.2) is 31.4 Å². The third-order valence-electron chi connectivity index (χ3n) is 4.87. The number of benzene rings is 1. The fourth-order valence-corrected chi connectivity index (χ4v) is 4.89. The van der Waals surface area contributed by atoms with Gasteiger partial charge in [0.15, 0.2) is 0 Å². The average Bonchev–Trinajstić information content (AvgIpc) is 2.59. The van der Waals surface area contributed by atoms with Gasteiger partial charge in [-0.2, -0.15) is 0 Å². The standard InChI is InChI=1S/C20H32O3Si/c1-6-20(22,7-2)17(16-19(21)23-8-3)14-15-24(4,5)18-12-10-9-11-13-18/h9-15,17,22H,6-8,16H2,1-5H3/b15-14+. The van der Waals surface area contributed by atoms with Crippen molar-refractivity contribution in [1.82, 2.24) is 0 Å². The van der Waals surface area contributed by atoms with Crippen LogP contribution in [-0.2, 0) is 9.53 Å².